The molecule has 90 valence electrons. The van der Waals surface area contributed by atoms with Gasteiger partial charge in [-0.05, 0) is 23.1 Å². The van der Waals surface area contributed by atoms with Crippen molar-refractivity contribution in [3.63, 3.8) is 0 Å². The van der Waals surface area contributed by atoms with Crippen molar-refractivity contribution in [2.24, 2.45) is 0 Å². The van der Waals surface area contributed by atoms with E-state index in [2.05, 4.69) is 31.0 Å². The molecule has 1 aromatic heterocycles. The predicted octanol–water partition coefficient (Wildman–Crippen LogP) is 2.66. The number of hydrogen-bond acceptors (Lipinski definition) is 3. The maximum atomic E-state index is 9.90. The fourth-order valence-corrected chi connectivity index (χ4v) is 1.73. The van der Waals surface area contributed by atoms with Gasteiger partial charge in [0.1, 0.15) is 11.6 Å². The first-order valence-corrected chi connectivity index (χ1v) is 5.52. The Bertz CT molecular complexity index is 538. The molecule has 0 radical (unpaired) electrons. The highest BCUT2D eigenvalue weighted by atomic mass is 16.3. The third-order valence-electron chi connectivity index (χ3n) is 2.82. The number of nitrogens with zero attached hydrogens (tertiary/aromatic N) is 1. The molecule has 0 fully saturated rings. The van der Waals surface area contributed by atoms with Crippen LogP contribution in [-0.2, 0) is 5.41 Å². The molecule has 0 aliphatic carbocycles. The summed E-state index contributed by atoms with van der Waals surface area (Å²) in [6.45, 7) is 6.38. The number of phenols is 1. The summed E-state index contributed by atoms with van der Waals surface area (Å²) in [6.07, 6.45) is 1.62. The molecule has 0 unspecified atom stereocenters. The molecule has 4 nitrogen and oxygen atoms in total. The van der Waals surface area contributed by atoms with Gasteiger partial charge in [-0.2, -0.15) is 5.10 Å². The molecule has 17 heavy (non-hydrogen) atoms. The summed E-state index contributed by atoms with van der Waals surface area (Å²) in [5, 5.41) is 16.4. The second kappa shape index (κ2) is 3.80. The summed E-state index contributed by atoms with van der Waals surface area (Å²) in [5.74, 6) is 0.678. The van der Waals surface area contributed by atoms with Crippen LogP contribution in [0.15, 0.2) is 24.4 Å². The zero-order chi connectivity index (χ0) is 12.6. The highest BCUT2D eigenvalue weighted by molar-refractivity contribution is 5.78. The number of H-pyrrole nitrogens is 1. The van der Waals surface area contributed by atoms with Crippen molar-refractivity contribution in [1.82, 2.24) is 10.2 Å². The van der Waals surface area contributed by atoms with Gasteiger partial charge >= 0.3 is 0 Å². The Labute approximate surface area is 100 Å². The molecular formula is C13H17N3O. The Morgan fingerprint density at radius 3 is 2.47 bits per heavy atom. The zero-order valence-corrected chi connectivity index (χ0v) is 10.3. The van der Waals surface area contributed by atoms with Gasteiger partial charge in [0.25, 0.3) is 0 Å². The van der Waals surface area contributed by atoms with E-state index in [9.17, 15) is 5.11 Å². The van der Waals surface area contributed by atoms with Crippen molar-refractivity contribution < 1.29 is 5.11 Å². The lowest BCUT2D eigenvalue weighted by molar-refractivity contribution is 0.476. The highest BCUT2D eigenvalue weighted by Crippen LogP contribution is 2.35. The fourth-order valence-electron chi connectivity index (χ4n) is 1.73. The highest BCUT2D eigenvalue weighted by Gasteiger charge is 2.17. The largest absolute Gasteiger partial charge is 0.507 e. The average Bonchev–Trinajstić information content (AvgIpc) is 2.63. The van der Waals surface area contributed by atoms with Crippen LogP contribution in [0.25, 0.3) is 11.1 Å². The molecular weight excluding hydrogens is 214 g/mol. The van der Waals surface area contributed by atoms with E-state index in [1.165, 1.54) is 0 Å². The van der Waals surface area contributed by atoms with Crippen molar-refractivity contribution >= 4 is 5.82 Å². The minimum atomic E-state index is 0.0287. The second-order valence-electron chi connectivity index (χ2n) is 5.18. The molecule has 0 aliphatic rings. The number of aromatic nitrogens is 2. The molecule has 0 saturated carbocycles. The fraction of sp³-hybridized carbons (Fsp3) is 0.308. The van der Waals surface area contributed by atoms with Gasteiger partial charge in [0, 0.05) is 11.1 Å². The van der Waals surface area contributed by atoms with Crippen LogP contribution in [0.1, 0.15) is 26.3 Å². The maximum absolute atomic E-state index is 9.90. The van der Waals surface area contributed by atoms with E-state index in [4.69, 9.17) is 5.73 Å². The normalized spacial score (nSPS) is 11.7. The minimum Gasteiger partial charge on any atom is -0.507 e. The van der Waals surface area contributed by atoms with E-state index in [0.29, 0.717) is 11.4 Å². The Kier molecular flexibility index (Phi) is 2.58. The summed E-state index contributed by atoms with van der Waals surface area (Å²) in [4.78, 5) is 0. The minimum absolute atomic E-state index is 0.0287. The molecule has 2 aromatic rings. The van der Waals surface area contributed by atoms with Crippen molar-refractivity contribution in [3.8, 4) is 16.9 Å². The SMILES string of the molecule is CC(C)(C)c1ccc(O)c(-c2cn[nH]c2N)c1. The topological polar surface area (TPSA) is 74.9 Å². The van der Waals surface area contributed by atoms with Gasteiger partial charge in [0.2, 0.25) is 0 Å². The number of benzene rings is 1. The number of nitrogens with one attached hydrogen (secondary N) is 1. The van der Waals surface area contributed by atoms with Crippen LogP contribution in [0.2, 0.25) is 0 Å². The quantitative estimate of drug-likeness (QED) is 0.706. The average molecular weight is 231 g/mol. The number of aromatic amines is 1. The van der Waals surface area contributed by atoms with Crippen LogP contribution in [0, 0.1) is 0 Å². The van der Waals surface area contributed by atoms with E-state index in [-0.39, 0.29) is 11.2 Å². The summed E-state index contributed by atoms with van der Waals surface area (Å²) >= 11 is 0. The third-order valence-corrected chi connectivity index (χ3v) is 2.82. The molecule has 0 atom stereocenters. The molecule has 4 heteroatoms. The van der Waals surface area contributed by atoms with Crippen molar-refractivity contribution in [2.45, 2.75) is 26.2 Å². The summed E-state index contributed by atoms with van der Waals surface area (Å²) in [5.41, 5.74) is 8.39. The van der Waals surface area contributed by atoms with Crippen LogP contribution in [0.3, 0.4) is 0 Å². The smallest absolute Gasteiger partial charge is 0.126 e. The first-order valence-electron chi connectivity index (χ1n) is 5.52. The van der Waals surface area contributed by atoms with E-state index in [1.807, 2.05) is 12.1 Å². The number of rotatable bonds is 1. The molecule has 0 amide bonds. The van der Waals surface area contributed by atoms with Crippen LogP contribution >= 0.6 is 0 Å². The van der Waals surface area contributed by atoms with Crippen molar-refractivity contribution in [1.29, 1.82) is 0 Å². The Morgan fingerprint density at radius 1 is 1.24 bits per heavy atom. The van der Waals surface area contributed by atoms with E-state index >= 15 is 0 Å². The van der Waals surface area contributed by atoms with Crippen LogP contribution < -0.4 is 5.73 Å². The van der Waals surface area contributed by atoms with E-state index < -0.39 is 0 Å². The Balaban J connectivity index is 2.58. The van der Waals surface area contributed by atoms with Crippen LogP contribution in [-0.4, -0.2) is 15.3 Å². The number of anilines is 1. The van der Waals surface area contributed by atoms with Gasteiger partial charge in [-0.15, -0.1) is 0 Å². The number of phenolic OH excluding ortho intramolecular Hbond substituents is 1. The van der Waals surface area contributed by atoms with Crippen molar-refractivity contribution in [2.75, 3.05) is 5.73 Å². The third kappa shape index (κ3) is 2.11. The summed E-state index contributed by atoms with van der Waals surface area (Å²) < 4.78 is 0. The lowest BCUT2D eigenvalue weighted by atomic mass is 9.85. The number of nitrogen functional groups attached to an aromatic ring is 1. The number of nitrogens with two attached hydrogens (primary N) is 1. The van der Waals surface area contributed by atoms with E-state index in [0.717, 1.165) is 11.1 Å². The monoisotopic (exact) mass is 231 g/mol. The maximum Gasteiger partial charge on any atom is 0.126 e. The second-order valence-corrected chi connectivity index (χ2v) is 5.18. The molecule has 1 heterocycles. The van der Waals surface area contributed by atoms with Gasteiger partial charge in [0.15, 0.2) is 0 Å². The van der Waals surface area contributed by atoms with Gasteiger partial charge in [-0.25, -0.2) is 0 Å². The van der Waals surface area contributed by atoms with Crippen LogP contribution in [0.5, 0.6) is 5.75 Å². The van der Waals surface area contributed by atoms with Gasteiger partial charge in [0.05, 0.1) is 6.20 Å². The lowest BCUT2D eigenvalue weighted by Crippen LogP contribution is -2.10. The van der Waals surface area contributed by atoms with Gasteiger partial charge in [-0.3, -0.25) is 5.10 Å². The van der Waals surface area contributed by atoms with Crippen LogP contribution in [0.4, 0.5) is 5.82 Å². The number of aromatic hydroxyl groups is 1. The predicted molar refractivity (Wildman–Crippen MR) is 68.8 cm³/mol. The Morgan fingerprint density at radius 2 is 1.94 bits per heavy atom. The summed E-state index contributed by atoms with van der Waals surface area (Å²) in [7, 11) is 0. The molecule has 0 saturated heterocycles. The number of hydrogen-bond donors (Lipinski definition) is 3. The van der Waals surface area contributed by atoms with Gasteiger partial charge < -0.3 is 10.8 Å². The van der Waals surface area contributed by atoms with Crippen molar-refractivity contribution in [3.05, 3.63) is 30.0 Å². The van der Waals surface area contributed by atoms with E-state index in [1.54, 1.807) is 12.3 Å². The van der Waals surface area contributed by atoms with Gasteiger partial charge in [-0.1, -0.05) is 26.8 Å². The zero-order valence-electron chi connectivity index (χ0n) is 10.3. The first kappa shape index (κ1) is 11.5. The molecule has 0 spiro atoms. The lowest BCUT2D eigenvalue weighted by Gasteiger charge is -2.20. The molecule has 1 aromatic carbocycles. The first-order chi connectivity index (χ1) is 7.89. The molecule has 0 aliphatic heterocycles. The Hall–Kier alpha value is -1.97. The molecule has 0 bridgehead atoms. The molecule has 4 N–H and O–H groups in total. The summed E-state index contributed by atoms with van der Waals surface area (Å²) in [6, 6.07) is 5.58. The standard InChI is InChI=1S/C13H17N3O/c1-13(2,3)8-4-5-11(17)9(6-8)10-7-15-16-12(10)14/h4-7,17H,1-3H3,(H3,14,15,16). The molecule has 2 rings (SSSR count).